The van der Waals surface area contributed by atoms with Crippen molar-refractivity contribution in [3.05, 3.63) is 173 Å². The van der Waals surface area contributed by atoms with Crippen molar-refractivity contribution in [3.63, 3.8) is 0 Å². The van der Waals surface area contributed by atoms with Gasteiger partial charge in [-0.2, -0.15) is 0 Å². The first-order valence-corrected chi connectivity index (χ1v) is 14.2. The number of halogens is 1. The lowest BCUT2D eigenvalue weighted by Gasteiger charge is -2.39. The summed E-state index contributed by atoms with van der Waals surface area (Å²) in [7, 11) is 0. The van der Waals surface area contributed by atoms with Crippen molar-refractivity contribution >= 4 is 34.9 Å². The highest BCUT2D eigenvalue weighted by Crippen LogP contribution is 2.38. The average Bonchev–Trinajstić information content (AvgIpc) is 3.06. The van der Waals surface area contributed by atoms with Gasteiger partial charge in [0.15, 0.2) is 11.8 Å². The van der Waals surface area contributed by atoms with Crippen LogP contribution in [0.4, 0.5) is 5.69 Å². The molecule has 0 spiro atoms. The van der Waals surface area contributed by atoms with E-state index in [0.717, 1.165) is 16.7 Å². The molecule has 0 heterocycles. The lowest BCUT2D eigenvalue weighted by molar-refractivity contribution is -0.125. The van der Waals surface area contributed by atoms with E-state index in [9.17, 15) is 14.4 Å². The van der Waals surface area contributed by atoms with Crippen molar-refractivity contribution in [2.45, 2.75) is 11.6 Å². The minimum absolute atomic E-state index is 0.321. The molecule has 0 bridgehead atoms. The second kappa shape index (κ2) is 13.7. The molecule has 0 saturated carbocycles. The van der Waals surface area contributed by atoms with Crippen molar-refractivity contribution < 1.29 is 14.4 Å². The molecule has 0 radical (unpaired) electrons. The first-order chi connectivity index (χ1) is 21.0. The third-order valence-corrected chi connectivity index (χ3v) is 7.37. The summed E-state index contributed by atoms with van der Waals surface area (Å²) < 4.78 is 0. The fraction of sp³-hybridized carbons (Fsp3) is 0.0833. The molecule has 0 aliphatic carbocycles. The molecular weight excluding hydrogens is 558 g/mol. The molecule has 2 amide bonds. The molecule has 1 atom stereocenters. The number of hydrogen-bond acceptors (Lipinski definition) is 4. The van der Waals surface area contributed by atoms with Crippen LogP contribution in [0.25, 0.3) is 0 Å². The van der Waals surface area contributed by atoms with Gasteiger partial charge < -0.3 is 10.6 Å². The lowest BCUT2D eigenvalue weighted by Crippen LogP contribution is -2.58. The van der Waals surface area contributed by atoms with Crippen molar-refractivity contribution in [2.75, 3.05) is 11.9 Å². The van der Waals surface area contributed by atoms with Crippen molar-refractivity contribution in [1.82, 2.24) is 10.6 Å². The number of ketones is 1. The van der Waals surface area contributed by atoms with Gasteiger partial charge in [0.25, 0.3) is 0 Å². The van der Waals surface area contributed by atoms with Crippen LogP contribution in [0.3, 0.4) is 0 Å². The van der Waals surface area contributed by atoms with Crippen LogP contribution >= 0.6 is 11.6 Å². The lowest BCUT2D eigenvalue weighted by atomic mass is 9.76. The minimum atomic E-state index is -1.37. The number of hydrogen-bond donors (Lipinski definition) is 3. The van der Waals surface area contributed by atoms with Gasteiger partial charge in [0.1, 0.15) is 0 Å². The van der Waals surface area contributed by atoms with Crippen LogP contribution in [0.1, 0.15) is 27.0 Å². The maximum atomic E-state index is 14.1. The minimum Gasteiger partial charge on any atom is -0.345 e. The van der Waals surface area contributed by atoms with Gasteiger partial charge in [0.2, 0.25) is 11.8 Å². The number of Topliss-reactive ketones (excluding diaryl/α,β-unsaturated/α-hetero) is 1. The van der Waals surface area contributed by atoms with E-state index in [-0.39, 0.29) is 6.54 Å². The molecule has 0 fully saturated rings. The summed E-state index contributed by atoms with van der Waals surface area (Å²) in [5.74, 6) is -1.49. The molecule has 0 aliphatic rings. The Labute approximate surface area is 255 Å². The molecule has 5 rings (SSSR count). The van der Waals surface area contributed by atoms with Crippen LogP contribution < -0.4 is 16.0 Å². The third kappa shape index (κ3) is 6.89. The Morgan fingerprint density at radius 1 is 0.605 bits per heavy atom. The van der Waals surface area contributed by atoms with Gasteiger partial charge in [0.05, 0.1) is 12.1 Å². The van der Waals surface area contributed by atoms with Crippen LogP contribution in [-0.4, -0.2) is 30.2 Å². The molecule has 214 valence electrons. The molecule has 3 N–H and O–H groups in total. The summed E-state index contributed by atoms with van der Waals surface area (Å²) in [6.45, 7) is -0.321. The Morgan fingerprint density at radius 2 is 1.07 bits per heavy atom. The number of rotatable bonds is 11. The summed E-state index contributed by atoms with van der Waals surface area (Å²) in [5.41, 5.74) is 2.20. The van der Waals surface area contributed by atoms with E-state index >= 15 is 0 Å². The van der Waals surface area contributed by atoms with Crippen LogP contribution in [0, 0.1) is 0 Å². The van der Waals surface area contributed by atoms with Crippen LogP contribution in [0.15, 0.2) is 146 Å². The van der Waals surface area contributed by atoms with Crippen molar-refractivity contribution in [3.8, 4) is 0 Å². The second-order valence-corrected chi connectivity index (χ2v) is 10.4. The number of benzene rings is 5. The molecule has 43 heavy (non-hydrogen) atoms. The SMILES string of the molecule is O=C(CNC(=O)C(NC(c1ccccc1)(c1ccccc1)c1ccc(Cl)cc1)C(=O)c1ccccc1)Nc1ccccc1. The highest BCUT2D eigenvalue weighted by molar-refractivity contribution is 6.30. The Hall–Kier alpha value is -5.04. The van der Waals surface area contributed by atoms with E-state index < -0.39 is 29.2 Å². The van der Waals surface area contributed by atoms with E-state index in [1.807, 2.05) is 78.9 Å². The molecule has 0 aliphatic heterocycles. The van der Waals surface area contributed by atoms with Gasteiger partial charge in [-0.15, -0.1) is 0 Å². The zero-order valence-corrected chi connectivity index (χ0v) is 24.0. The largest absolute Gasteiger partial charge is 0.345 e. The maximum Gasteiger partial charge on any atom is 0.245 e. The quantitative estimate of drug-likeness (QED) is 0.0971. The Kier molecular flexibility index (Phi) is 9.42. The van der Waals surface area contributed by atoms with Crippen molar-refractivity contribution in [1.29, 1.82) is 0 Å². The van der Waals surface area contributed by atoms with E-state index in [4.69, 9.17) is 11.6 Å². The third-order valence-electron chi connectivity index (χ3n) is 7.12. The normalized spacial score (nSPS) is 11.7. The Bertz CT molecular complexity index is 1620. The Morgan fingerprint density at radius 3 is 1.60 bits per heavy atom. The van der Waals surface area contributed by atoms with Gasteiger partial charge in [-0.05, 0) is 41.0 Å². The number of nitrogens with one attached hydrogen (secondary N) is 3. The smallest absolute Gasteiger partial charge is 0.245 e. The number of carbonyl (C=O) groups is 3. The number of carbonyl (C=O) groups excluding carboxylic acids is 3. The molecule has 7 heteroatoms. The number of amides is 2. The van der Waals surface area contributed by atoms with E-state index in [1.165, 1.54) is 0 Å². The number of para-hydroxylation sites is 1. The van der Waals surface area contributed by atoms with E-state index in [0.29, 0.717) is 16.3 Å². The molecule has 1 unspecified atom stereocenters. The average molecular weight is 588 g/mol. The highest BCUT2D eigenvalue weighted by Gasteiger charge is 2.42. The maximum absolute atomic E-state index is 14.1. The molecule has 6 nitrogen and oxygen atoms in total. The standard InChI is InChI=1S/C36H30ClN3O3/c37-30-23-21-29(22-24-30)36(27-15-7-2-8-16-27,28-17-9-3-10-18-28)40-33(34(42)26-13-5-1-6-14-26)35(43)38-25-32(41)39-31-19-11-4-12-20-31/h1-24,33,40H,25H2,(H,38,43)(H,39,41). The first-order valence-electron chi connectivity index (χ1n) is 13.8. The zero-order valence-electron chi connectivity index (χ0n) is 23.2. The molecular formula is C36H30ClN3O3. The predicted molar refractivity (Wildman–Crippen MR) is 170 cm³/mol. The molecule has 5 aromatic carbocycles. The molecule has 0 aromatic heterocycles. The summed E-state index contributed by atoms with van der Waals surface area (Å²) in [4.78, 5) is 40.8. The fourth-order valence-electron chi connectivity index (χ4n) is 5.06. The zero-order chi connectivity index (χ0) is 30.1. The van der Waals surface area contributed by atoms with Gasteiger partial charge in [-0.25, -0.2) is 0 Å². The summed E-state index contributed by atoms with van der Waals surface area (Å²) in [6.07, 6.45) is 0. The van der Waals surface area contributed by atoms with Gasteiger partial charge in [0, 0.05) is 16.3 Å². The van der Waals surface area contributed by atoms with Gasteiger partial charge in [-0.1, -0.05) is 133 Å². The summed E-state index contributed by atoms with van der Waals surface area (Å²) in [5, 5.41) is 9.47. The highest BCUT2D eigenvalue weighted by atomic mass is 35.5. The van der Waals surface area contributed by atoms with Crippen LogP contribution in [0.2, 0.25) is 5.02 Å². The number of anilines is 1. The summed E-state index contributed by atoms with van der Waals surface area (Å²) in [6, 6.07) is 42.8. The van der Waals surface area contributed by atoms with Crippen LogP contribution in [-0.2, 0) is 15.1 Å². The monoisotopic (exact) mass is 587 g/mol. The van der Waals surface area contributed by atoms with Crippen molar-refractivity contribution in [2.24, 2.45) is 0 Å². The first kappa shape index (κ1) is 29.5. The molecule has 0 saturated heterocycles. The van der Waals surface area contributed by atoms with E-state index in [2.05, 4.69) is 16.0 Å². The second-order valence-electron chi connectivity index (χ2n) is 9.93. The predicted octanol–water partition coefficient (Wildman–Crippen LogP) is 6.23. The van der Waals surface area contributed by atoms with Gasteiger partial charge in [-0.3, -0.25) is 19.7 Å². The fourth-order valence-corrected chi connectivity index (χ4v) is 5.18. The van der Waals surface area contributed by atoms with Gasteiger partial charge >= 0.3 is 0 Å². The van der Waals surface area contributed by atoms with E-state index in [1.54, 1.807) is 66.7 Å². The Balaban J connectivity index is 1.58. The topological polar surface area (TPSA) is 87.3 Å². The summed E-state index contributed by atoms with van der Waals surface area (Å²) >= 11 is 6.29. The molecule has 5 aromatic rings. The van der Waals surface area contributed by atoms with Crippen LogP contribution in [0.5, 0.6) is 0 Å².